The molecule has 9 heteroatoms. The Balaban J connectivity index is 1.85. The predicted octanol–water partition coefficient (Wildman–Crippen LogP) is 6.49. The van der Waals surface area contributed by atoms with Crippen LogP contribution < -0.4 is 15.4 Å². The molecule has 1 atom stereocenters. The van der Waals surface area contributed by atoms with E-state index in [9.17, 15) is 4.79 Å². The highest BCUT2D eigenvalue weighted by atomic mass is 79.9. The second kappa shape index (κ2) is 10.9. The topological polar surface area (TPSA) is 81.1 Å². The zero-order chi connectivity index (χ0) is 25.1. The molecule has 4 rings (SSSR count). The minimum Gasteiger partial charge on any atom is -0.493 e. The summed E-state index contributed by atoms with van der Waals surface area (Å²) in [4.78, 5) is 18.5. The molecule has 0 saturated carbocycles. The van der Waals surface area contributed by atoms with Crippen molar-refractivity contribution in [3.63, 3.8) is 0 Å². The van der Waals surface area contributed by atoms with E-state index in [0.29, 0.717) is 23.3 Å². The van der Waals surface area contributed by atoms with E-state index in [1.807, 2.05) is 57.2 Å². The molecule has 35 heavy (non-hydrogen) atoms. The first kappa shape index (κ1) is 25.3. The summed E-state index contributed by atoms with van der Waals surface area (Å²) in [7, 11) is 0. The zero-order valence-electron chi connectivity index (χ0n) is 20.6. The SMILES string of the molecule is CCCOc1ccc(Br)cc1C1C(C(=O)Nc2cccc(C)c2C)=C(C)Nc2nc(SCC)nn21. The van der Waals surface area contributed by atoms with Crippen molar-refractivity contribution < 1.29 is 9.53 Å². The maximum atomic E-state index is 13.8. The molecule has 1 unspecified atom stereocenters. The van der Waals surface area contributed by atoms with Crippen LogP contribution >= 0.6 is 27.7 Å². The maximum absolute atomic E-state index is 13.8. The van der Waals surface area contributed by atoms with E-state index in [1.165, 1.54) is 0 Å². The number of thioether (sulfide) groups is 1. The fourth-order valence-corrected chi connectivity index (χ4v) is 4.99. The summed E-state index contributed by atoms with van der Waals surface area (Å²) in [5.74, 6) is 1.98. The molecular formula is C26H30BrN5O2S. The third kappa shape index (κ3) is 5.26. The van der Waals surface area contributed by atoms with Crippen molar-refractivity contribution in [2.45, 2.75) is 52.2 Å². The van der Waals surface area contributed by atoms with Crippen LogP contribution in [0.15, 0.2) is 57.3 Å². The number of anilines is 2. The molecule has 0 fully saturated rings. The standard InChI is InChI=1S/C26H30BrN5O2S/c1-6-13-34-21-12-11-18(27)14-19(21)23-22(24(33)29-20-10-8-9-15(3)16(20)4)17(5)28-25-30-26(35-7-2)31-32(23)25/h8-12,14,23H,6-7,13H2,1-5H3,(H,29,33)(H,28,30,31). The summed E-state index contributed by atoms with van der Waals surface area (Å²) < 4.78 is 8.81. The van der Waals surface area contributed by atoms with Gasteiger partial charge in [0.2, 0.25) is 11.1 Å². The molecule has 2 N–H and O–H groups in total. The molecule has 0 radical (unpaired) electrons. The van der Waals surface area contributed by atoms with Gasteiger partial charge >= 0.3 is 0 Å². The monoisotopic (exact) mass is 555 g/mol. The molecule has 0 bridgehead atoms. The van der Waals surface area contributed by atoms with E-state index >= 15 is 0 Å². The number of carbonyl (C=O) groups is 1. The first-order chi connectivity index (χ1) is 16.8. The lowest BCUT2D eigenvalue weighted by atomic mass is 9.94. The molecular weight excluding hydrogens is 526 g/mol. The van der Waals surface area contributed by atoms with Crippen LogP contribution in [0.5, 0.6) is 5.75 Å². The first-order valence-electron chi connectivity index (χ1n) is 11.7. The summed E-state index contributed by atoms with van der Waals surface area (Å²) in [6.07, 6.45) is 0.877. The van der Waals surface area contributed by atoms with Crippen LogP contribution in [-0.4, -0.2) is 33.0 Å². The molecule has 1 aliphatic rings. The number of allylic oxidation sites excluding steroid dienone is 1. The van der Waals surface area contributed by atoms with Crippen LogP contribution in [0.25, 0.3) is 0 Å². The van der Waals surface area contributed by atoms with Crippen molar-refractivity contribution in [1.82, 2.24) is 14.8 Å². The molecule has 3 aromatic rings. The van der Waals surface area contributed by atoms with Crippen LogP contribution in [-0.2, 0) is 4.79 Å². The summed E-state index contributed by atoms with van der Waals surface area (Å²) in [6.45, 7) is 10.7. The maximum Gasteiger partial charge on any atom is 0.255 e. The molecule has 184 valence electrons. The van der Waals surface area contributed by atoms with E-state index in [2.05, 4.69) is 45.4 Å². The van der Waals surface area contributed by atoms with Crippen molar-refractivity contribution in [3.05, 3.63) is 68.8 Å². The number of carbonyl (C=O) groups excluding carboxylic acids is 1. The average Bonchev–Trinajstić information content (AvgIpc) is 3.22. The summed E-state index contributed by atoms with van der Waals surface area (Å²) in [5, 5.41) is 11.9. The normalized spacial score (nSPS) is 15.0. The minimum absolute atomic E-state index is 0.194. The number of aryl methyl sites for hydroxylation is 1. The Bertz CT molecular complexity index is 1290. The van der Waals surface area contributed by atoms with Crippen molar-refractivity contribution in [1.29, 1.82) is 0 Å². The van der Waals surface area contributed by atoms with Gasteiger partial charge in [0, 0.05) is 21.4 Å². The number of hydrogen-bond donors (Lipinski definition) is 2. The van der Waals surface area contributed by atoms with E-state index in [-0.39, 0.29) is 5.91 Å². The van der Waals surface area contributed by atoms with Crippen LogP contribution in [0.1, 0.15) is 49.9 Å². The van der Waals surface area contributed by atoms with Crippen LogP contribution in [0.3, 0.4) is 0 Å². The van der Waals surface area contributed by atoms with Gasteiger partial charge in [-0.3, -0.25) is 4.79 Å². The lowest BCUT2D eigenvalue weighted by Gasteiger charge is -2.30. The summed E-state index contributed by atoms with van der Waals surface area (Å²) in [5.41, 5.74) is 5.09. The van der Waals surface area contributed by atoms with Crippen molar-refractivity contribution in [2.75, 3.05) is 23.0 Å². The van der Waals surface area contributed by atoms with Gasteiger partial charge in [0.05, 0.1) is 12.2 Å². The Kier molecular flexibility index (Phi) is 7.86. The lowest BCUT2D eigenvalue weighted by Crippen LogP contribution is -2.32. The zero-order valence-corrected chi connectivity index (χ0v) is 23.0. The number of hydrogen-bond acceptors (Lipinski definition) is 6. The molecule has 0 saturated heterocycles. The van der Waals surface area contributed by atoms with Crippen molar-refractivity contribution in [2.24, 2.45) is 0 Å². The lowest BCUT2D eigenvalue weighted by molar-refractivity contribution is -0.113. The van der Waals surface area contributed by atoms with Gasteiger partial charge in [-0.05, 0) is 68.3 Å². The Morgan fingerprint density at radius 2 is 2.03 bits per heavy atom. The predicted molar refractivity (Wildman–Crippen MR) is 145 cm³/mol. The number of amides is 1. The highest BCUT2D eigenvalue weighted by Crippen LogP contribution is 2.41. The molecule has 7 nitrogen and oxygen atoms in total. The van der Waals surface area contributed by atoms with Crippen LogP contribution in [0, 0.1) is 13.8 Å². The number of nitrogens with zero attached hydrogens (tertiary/aromatic N) is 3. The number of benzene rings is 2. The number of aromatic nitrogens is 3. The third-order valence-electron chi connectivity index (χ3n) is 5.93. The number of fused-ring (bicyclic) bond motifs is 1. The van der Waals surface area contributed by atoms with Gasteiger partial charge in [-0.2, -0.15) is 4.98 Å². The highest BCUT2D eigenvalue weighted by molar-refractivity contribution is 9.10. The minimum atomic E-state index is -0.514. The molecule has 0 spiro atoms. The Morgan fingerprint density at radius 1 is 1.23 bits per heavy atom. The highest BCUT2D eigenvalue weighted by Gasteiger charge is 2.36. The van der Waals surface area contributed by atoms with Gasteiger partial charge in [-0.15, -0.1) is 5.10 Å². The number of rotatable bonds is 8. The number of ether oxygens (including phenoxy) is 1. The molecule has 1 amide bonds. The van der Waals surface area contributed by atoms with Gasteiger partial charge in [-0.1, -0.05) is 53.7 Å². The van der Waals surface area contributed by atoms with Gasteiger partial charge in [0.15, 0.2) is 0 Å². The molecule has 0 aliphatic carbocycles. The summed E-state index contributed by atoms with van der Waals surface area (Å²) in [6, 6.07) is 11.3. The second-order valence-corrected chi connectivity index (χ2v) is 10.5. The smallest absolute Gasteiger partial charge is 0.255 e. The largest absolute Gasteiger partial charge is 0.493 e. The summed E-state index contributed by atoms with van der Waals surface area (Å²) >= 11 is 5.17. The molecule has 2 heterocycles. The number of halogens is 1. The van der Waals surface area contributed by atoms with Crippen LogP contribution in [0.4, 0.5) is 11.6 Å². The Morgan fingerprint density at radius 3 is 2.77 bits per heavy atom. The molecule has 1 aromatic heterocycles. The van der Waals surface area contributed by atoms with E-state index in [1.54, 1.807) is 16.4 Å². The Hall–Kier alpha value is -2.78. The fourth-order valence-electron chi connectivity index (χ4n) is 4.06. The second-order valence-electron chi connectivity index (χ2n) is 8.39. The van der Waals surface area contributed by atoms with Crippen molar-refractivity contribution in [3.8, 4) is 5.75 Å². The van der Waals surface area contributed by atoms with E-state index < -0.39 is 6.04 Å². The van der Waals surface area contributed by atoms with E-state index in [4.69, 9.17) is 9.84 Å². The molecule has 2 aromatic carbocycles. The van der Waals surface area contributed by atoms with Crippen LogP contribution in [0.2, 0.25) is 0 Å². The van der Waals surface area contributed by atoms with Gasteiger partial charge in [0.1, 0.15) is 11.8 Å². The van der Waals surface area contributed by atoms with Gasteiger partial charge < -0.3 is 15.4 Å². The average molecular weight is 557 g/mol. The third-order valence-corrected chi connectivity index (χ3v) is 7.15. The molecule has 1 aliphatic heterocycles. The fraction of sp³-hybridized carbons (Fsp3) is 0.346. The van der Waals surface area contributed by atoms with E-state index in [0.717, 1.165) is 50.5 Å². The quantitative estimate of drug-likeness (QED) is 0.309. The van der Waals surface area contributed by atoms with Gasteiger partial charge in [-0.25, -0.2) is 4.68 Å². The number of nitrogens with one attached hydrogen (secondary N) is 2. The first-order valence-corrected chi connectivity index (χ1v) is 13.5. The Labute approximate surface area is 218 Å². The van der Waals surface area contributed by atoms with Gasteiger partial charge in [0.25, 0.3) is 5.91 Å². The van der Waals surface area contributed by atoms with Crippen molar-refractivity contribution >= 4 is 45.2 Å².